The van der Waals surface area contributed by atoms with Crippen molar-refractivity contribution >= 4 is 17.6 Å². The minimum atomic E-state index is -0.190. The molecule has 2 N–H and O–H groups in total. The quantitative estimate of drug-likeness (QED) is 0.882. The number of rotatable bonds is 4. The van der Waals surface area contributed by atoms with Gasteiger partial charge in [0, 0.05) is 30.7 Å². The van der Waals surface area contributed by atoms with Gasteiger partial charge in [-0.25, -0.2) is 4.79 Å². The summed E-state index contributed by atoms with van der Waals surface area (Å²) >= 11 is 0. The Hall–Kier alpha value is -2.55. The molecule has 6 heteroatoms. The molecule has 0 bridgehead atoms. The van der Waals surface area contributed by atoms with Crippen LogP contribution in [0.2, 0.25) is 0 Å². The van der Waals surface area contributed by atoms with Crippen molar-refractivity contribution in [3.05, 3.63) is 29.8 Å². The summed E-state index contributed by atoms with van der Waals surface area (Å²) < 4.78 is 0. The summed E-state index contributed by atoms with van der Waals surface area (Å²) in [6, 6.07) is 8.85. The zero-order valence-electron chi connectivity index (χ0n) is 15.1. The molecule has 1 saturated heterocycles. The number of amides is 3. The van der Waals surface area contributed by atoms with Crippen molar-refractivity contribution in [1.82, 2.24) is 10.2 Å². The minimum Gasteiger partial charge on any atom is -0.353 e. The molecule has 0 spiro atoms. The summed E-state index contributed by atoms with van der Waals surface area (Å²) in [5.74, 6) is 0.453. The van der Waals surface area contributed by atoms with Crippen molar-refractivity contribution in [3.63, 3.8) is 0 Å². The molecule has 0 radical (unpaired) electrons. The number of urea groups is 1. The Morgan fingerprint density at radius 1 is 1.24 bits per heavy atom. The van der Waals surface area contributed by atoms with Crippen molar-refractivity contribution in [2.24, 2.45) is 11.8 Å². The predicted octanol–water partition coefficient (Wildman–Crippen LogP) is 2.96. The van der Waals surface area contributed by atoms with Crippen molar-refractivity contribution in [2.75, 3.05) is 18.4 Å². The molecule has 6 nitrogen and oxygen atoms in total. The van der Waals surface area contributed by atoms with Gasteiger partial charge in [0.2, 0.25) is 5.91 Å². The van der Waals surface area contributed by atoms with E-state index in [2.05, 4.69) is 30.6 Å². The standard InChI is InChI=1S/C19H26N4O2/c1-13(2)14(3)21-18(24)16-7-9-23(10-8-16)19(25)22-17-6-4-5-15(11-17)12-20/h4-6,11,13-14,16H,7-10H2,1-3H3,(H,21,24)(H,22,25)/t14-/m1/s1. The number of nitriles is 1. The number of nitrogens with one attached hydrogen (secondary N) is 2. The summed E-state index contributed by atoms with van der Waals surface area (Å²) in [7, 11) is 0. The van der Waals surface area contributed by atoms with E-state index in [0.29, 0.717) is 43.1 Å². The highest BCUT2D eigenvalue weighted by molar-refractivity contribution is 5.89. The highest BCUT2D eigenvalue weighted by Gasteiger charge is 2.28. The molecule has 2 rings (SSSR count). The number of hydrogen-bond donors (Lipinski definition) is 2. The Bertz CT molecular complexity index is 658. The molecule has 25 heavy (non-hydrogen) atoms. The van der Waals surface area contributed by atoms with Gasteiger partial charge in [-0.05, 0) is 43.9 Å². The van der Waals surface area contributed by atoms with E-state index < -0.39 is 0 Å². The molecule has 0 unspecified atom stereocenters. The lowest BCUT2D eigenvalue weighted by Crippen LogP contribution is -2.46. The first kappa shape index (κ1) is 18.8. The second-order valence-corrected chi connectivity index (χ2v) is 6.93. The van der Waals surface area contributed by atoms with Gasteiger partial charge in [-0.3, -0.25) is 4.79 Å². The Kier molecular flexibility index (Phi) is 6.40. The third-order valence-electron chi connectivity index (χ3n) is 4.77. The van der Waals surface area contributed by atoms with Gasteiger partial charge in [-0.15, -0.1) is 0 Å². The van der Waals surface area contributed by atoms with E-state index in [9.17, 15) is 9.59 Å². The van der Waals surface area contributed by atoms with Crippen LogP contribution in [0.5, 0.6) is 0 Å². The maximum Gasteiger partial charge on any atom is 0.321 e. The average molecular weight is 342 g/mol. The lowest BCUT2D eigenvalue weighted by molar-refractivity contribution is -0.127. The number of hydrogen-bond acceptors (Lipinski definition) is 3. The largest absolute Gasteiger partial charge is 0.353 e. The van der Waals surface area contributed by atoms with Gasteiger partial charge < -0.3 is 15.5 Å². The zero-order chi connectivity index (χ0) is 18.4. The molecule has 1 aromatic rings. The van der Waals surface area contributed by atoms with Crippen LogP contribution in [0, 0.1) is 23.2 Å². The maximum atomic E-state index is 12.3. The van der Waals surface area contributed by atoms with Crippen LogP contribution in [0.1, 0.15) is 39.2 Å². The van der Waals surface area contributed by atoms with Crippen LogP contribution < -0.4 is 10.6 Å². The smallest absolute Gasteiger partial charge is 0.321 e. The fraction of sp³-hybridized carbons (Fsp3) is 0.526. The monoisotopic (exact) mass is 342 g/mol. The van der Waals surface area contributed by atoms with Crippen LogP contribution in [0.4, 0.5) is 10.5 Å². The normalized spacial score (nSPS) is 16.2. The number of carbonyl (C=O) groups is 2. The summed E-state index contributed by atoms with van der Waals surface area (Å²) in [6.45, 7) is 7.29. The molecule has 0 saturated carbocycles. The number of likely N-dealkylation sites (tertiary alicyclic amines) is 1. The van der Waals surface area contributed by atoms with Crippen LogP contribution >= 0.6 is 0 Å². The summed E-state index contributed by atoms with van der Waals surface area (Å²) in [4.78, 5) is 26.3. The molecule has 3 amide bonds. The van der Waals surface area contributed by atoms with Gasteiger partial charge in [0.1, 0.15) is 0 Å². The first-order chi connectivity index (χ1) is 11.9. The van der Waals surface area contributed by atoms with Crippen molar-refractivity contribution < 1.29 is 9.59 Å². The number of benzene rings is 1. The summed E-state index contributed by atoms with van der Waals surface area (Å²) in [6.07, 6.45) is 1.34. The predicted molar refractivity (Wildman–Crippen MR) is 96.9 cm³/mol. The second-order valence-electron chi connectivity index (χ2n) is 6.93. The number of carbonyl (C=O) groups excluding carboxylic acids is 2. The Balaban J connectivity index is 1.84. The first-order valence-electron chi connectivity index (χ1n) is 8.77. The topological polar surface area (TPSA) is 85.2 Å². The van der Waals surface area contributed by atoms with Crippen LogP contribution in [0.15, 0.2) is 24.3 Å². The van der Waals surface area contributed by atoms with Crippen molar-refractivity contribution in [3.8, 4) is 6.07 Å². The summed E-state index contributed by atoms with van der Waals surface area (Å²) in [5, 5.41) is 14.8. The van der Waals surface area contributed by atoms with E-state index in [0.717, 1.165) is 0 Å². The maximum absolute atomic E-state index is 12.3. The van der Waals surface area contributed by atoms with Crippen molar-refractivity contribution in [2.45, 2.75) is 39.7 Å². The van der Waals surface area contributed by atoms with E-state index in [1.54, 1.807) is 29.2 Å². The molecule has 0 aromatic heterocycles. The van der Waals surface area contributed by atoms with E-state index in [-0.39, 0.29) is 23.9 Å². The van der Waals surface area contributed by atoms with E-state index in [1.807, 2.05) is 6.92 Å². The molecular formula is C19H26N4O2. The Labute approximate surface area is 149 Å². The van der Waals surface area contributed by atoms with E-state index >= 15 is 0 Å². The highest BCUT2D eigenvalue weighted by atomic mass is 16.2. The van der Waals surface area contributed by atoms with Crippen LogP contribution in [0.3, 0.4) is 0 Å². The van der Waals surface area contributed by atoms with Gasteiger partial charge in [-0.1, -0.05) is 19.9 Å². The van der Waals surface area contributed by atoms with Crippen molar-refractivity contribution in [1.29, 1.82) is 5.26 Å². The number of piperidine rings is 1. The molecule has 134 valence electrons. The van der Waals surface area contributed by atoms with Crippen LogP contribution in [-0.2, 0) is 4.79 Å². The molecule has 1 aliphatic rings. The second kappa shape index (κ2) is 8.52. The fourth-order valence-electron chi connectivity index (χ4n) is 2.72. The molecule has 0 aliphatic carbocycles. The van der Waals surface area contributed by atoms with Crippen LogP contribution in [-0.4, -0.2) is 36.0 Å². The minimum absolute atomic E-state index is 0.0350. The fourth-order valence-corrected chi connectivity index (χ4v) is 2.72. The third-order valence-corrected chi connectivity index (χ3v) is 4.77. The SMILES string of the molecule is CC(C)[C@@H](C)NC(=O)C1CCN(C(=O)Nc2cccc(C#N)c2)CC1. The molecule has 1 aliphatic heterocycles. The third kappa shape index (κ3) is 5.21. The van der Waals surface area contributed by atoms with E-state index in [4.69, 9.17) is 5.26 Å². The van der Waals surface area contributed by atoms with Gasteiger partial charge in [-0.2, -0.15) is 5.26 Å². The Morgan fingerprint density at radius 2 is 1.92 bits per heavy atom. The first-order valence-corrected chi connectivity index (χ1v) is 8.77. The van der Waals surface area contributed by atoms with Gasteiger partial charge >= 0.3 is 6.03 Å². The van der Waals surface area contributed by atoms with Gasteiger partial charge in [0.05, 0.1) is 11.6 Å². The molecule has 1 atom stereocenters. The zero-order valence-corrected chi connectivity index (χ0v) is 15.1. The average Bonchev–Trinajstić information content (AvgIpc) is 2.61. The van der Waals surface area contributed by atoms with Gasteiger partial charge in [0.25, 0.3) is 0 Å². The van der Waals surface area contributed by atoms with Crippen LogP contribution in [0.25, 0.3) is 0 Å². The lowest BCUT2D eigenvalue weighted by Gasteiger charge is -2.32. The molecular weight excluding hydrogens is 316 g/mol. The molecule has 1 heterocycles. The summed E-state index contributed by atoms with van der Waals surface area (Å²) in [5.41, 5.74) is 1.11. The molecule has 1 fully saturated rings. The lowest BCUT2D eigenvalue weighted by atomic mass is 9.95. The number of nitrogens with zero attached hydrogens (tertiary/aromatic N) is 2. The highest BCUT2D eigenvalue weighted by Crippen LogP contribution is 2.19. The Morgan fingerprint density at radius 3 is 2.52 bits per heavy atom. The van der Waals surface area contributed by atoms with E-state index in [1.165, 1.54) is 0 Å². The van der Waals surface area contributed by atoms with Gasteiger partial charge in [0.15, 0.2) is 0 Å². The number of anilines is 1. The molecule has 1 aromatic carbocycles.